The summed E-state index contributed by atoms with van der Waals surface area (Å²) in [5, 5.41) is 3.59. The maximum atomic E-state index is 6.11. The largest absolute Gasteiger partial charge is 0.500 e. The van der Waals surface area contributed by atoms with Crippen LogP contribution < -0.4 is 5.19 Å². The average Bonchev–Trinajstić information content (AvgIpc) is 3.44. The van der Waals surface area contributed by atoms with Crippen LogP contribution in [0.1, 0.15) is 69.9 Å². The van der Waals surface area contributed by atoms with Crippen molar-refractivity contribution in [1.82, 2.24) is 15.0 Å². The molecule has 1 radical (unpaired) electrons. The summed E-state index contributed by atoms with van der Waals surface area (Å²) in [7, 11) is -1.37. The predicted molar refractivity (Wildman–Crippen MR) is 194 cm³/mol. The molecule has 4 heterocycles. The van der Waals surface area contributed by atoms with Gasteiger partial charge in [-0.05, 0) is 77.1 Å². The Morgan fingerprint density at radius 1 is 0.851 bits per heavy atom. The van der Waals surface area contributed by atoms with E-state index in [-0.39, 0.29) is 25.5 Å². The van der Waals surface area contributed by atoms with Crippen LogP contribution in [0.15, 0.2) is 89.7 Å². The second kappa shape index (κ2) is 14.8. The Morgan fingerprint density at radius 2 is 1.62 bits per heavy atom. The molecule has 245 valence electrons. The van der Waals surface area contributed by atoms with E-state index in [9.17, 15) is 0 Å². The van der Waals surface area contributed by atoms with Crippen LogP contribution in [0.3, 0.4) is 0 Å². The molecule has 0 aliphatic heterocycles. The molecule has 0 unspecified atom stereocenters. The molecule has 0 atom stereocenters. The summed E-state index contributed by atoms with van der Waals surface area (Å²) in [5.41, 5.74) is 8.70. The standard InChI is InChI=1S/C22H19N2O.C19H26NSi.Ir/c1-2-6-15(7-3-1)16-10-11-24-20(12-16)19-14-23-13-18-17-8-4-5-9-21(17)25-22(18)19;1-19(2,3)13-16-12-17(15-10-8-7-9-11-15)20-14-18(16)21(4,5)6;/h4-5,8-13,15H,1-3,6-7H2;7-10,12,14H,13H2,1-6H3;/q2*-1;. The van der Waals surface area contributed by atoms with E-state index < -0.39 is 8.07 Å². The first kappa shape index (κ1) is 34.9. The molecule has 47 heavy (non-hydrogen) atoms. The molecule has 2 aromatic carbocycles. The fourth-order valence-electron chi connectivity index (χ4n) is 6.63. The van der Waals surface area contributed by atoms with Crippen molar-refractivity contribution in [3.63, 3.8) is 0 Å². The Bertz CT molecular complexity index is 1930. The van der Waals surface area contributed by atoms with Gasteiger partial charge in [-0.25, -0.2) is 0 Å². The van der Waals surface area contributed by atoms with E-state index in [1.165, 1.54) is 48.4 Å². The number of hydrogen-bond acceptors (Lipinski definition) is 4. The SMILES string of the molecule is CC(C)(C)Cc1cc(-c2[c-]cccc2)ncc1[Si](C)(C)C.[Ir].[c-]1ncc2c(oc3ccccc32)c1-c1cc(C2CCCCC2)ccn1. The number of fused-ring (bicyclic) bond motifs is 3. The summed E-state index contributed by atoms with van der Waals surface area (Å²) in [5.74, 6) is 0.651. The van der Waals surface area contributed by atoms with E-state index in [0.717, 1.165) is 50.9 Å². The first-order valence-electron chi connectivity index (χ1n) is 16.7. The number of benzene rings is 2. The van der Waals surface area contributed by atoms with E-state index in [2.05, 4.69) is 99.2 Å². The summed E-state index contributed by atoms with van der Waals surface area (Å²) in [6.45, 7) is 14.1. The van der Waals surface area contributed by atoms with E-state index >= 15 is 0 Å². The van der Waals surface area contributed by atoms with Gasteiger partial charge in [0.2, 0.25) is 0 Å². The Hall–Kier alpha value is -3.44. The van der Waals surface area contributed by atoms with Gasteiger partial charge in [0.15, 0.2) is 0 Å². The molecule has 6 aromatic rings. The van der Waals surface area contributed by atoms with Crippen LogP contribution >= 0.6 is 0 Å². The Morgan fingerprint density at radius 3 is 2.34 bits per heavy atom. The molecule has 0 amide bonds. The first-order valence-corrected chi connectivity index (χ1v) is 20.2. The van der Waals surface area contributed by atoms with Gasteiger partial charge in [-0.2, -0.15) is 0 Å². The fraction of sp³-hybridized carbons (Fsp3) is 0.341. The fourth-order valence-corrected chi connectivity index (χ4v) is 8.20. The van der Waals surface area contributed by atoms with Crippen molar-refractivity contribution in [3.8, 4) is 22.5 Å². The van der Waals surface area contributed by atoms with Crippen LogP contribution in [-0.2, 0) is 26.5 Å². The zero-order chi connectivity index (χ0) is 32.3. The van der Waals surface area contributed by atoms with Gasteiger partial charge in [0.25, 0.3) is 0 Å². The molecular formula is C41H45IrN3OSi-2. The molecule has 1 saturated carbocycles. The second-order valence-electron chi connectivity index (χ2n) is 14.9. The molecule has 7 rings (SSSR count). The monoisotopic (exact) mass is 816 g/mol. The molecule has 0 bridgehead atoms. The third-order valence-corrected chi connectivity index (χ3v) is 10.9. The maximum Gasteiger partial charge on any atom is 0.121 e. The second-order valence-corrected chi connectivity index (χ2v) is 19.9. The van der Waals surface area contributed by atoms with Gasteiger partial charge in [0.1, 0.15) is 5.58 Å². The summed E-state index contributed by atoms with van der Waals surface area (Å²) >= 11 is 0. The Labute approximate surface area is 294 Å². The minimum Gasteiger partial charge on any atom is -0.500 e. The number of rotatable bonds is 5. The summed E-state index contributed by atoms with van der Waals surface area (Å²) < 4.78 is 6.11. The van der Waals surface area contributed by atoms with Crippen LogP contribution in [0.2, 0.25) is 19.6 Å². The number of hydrogen-bond donors (Lipinski definition) is 0. The molecule has 0 saturated heterocycles. The number of nitrogens with zero attached hydrogens (tertiary/aromatic N) is 3. The van der Waals surface area contributed by atoms with Gasteiger partial charge in [-0.3, -0.25) is 0 Å². The average molecular weight is 816 g/mol. The Kier molecular flexibility index (Phi) is 11.0. The van der Waals surface area contributed by atoms with Crippen molar-refractivity contribution in [2.24, 2.45) is 5.41 Å². The van der Waals surface area contributed by atoms with Crippen LogP contribution in [0.25, 0.3) is 44.5 Å². The minimum atomic E-state index is -1.37. The minimum absolute atomic E-state index is 0. The van der Waals surface area contributed by atoms with Crippen molar-refractivity contribution < 1.29 is 24.5 Å². The van der Waals surface area contributed by atoms with Crippen molar-refractivity contribution in [1.29, 1.82) is 0 Å². The quantitative estimate of drug-likeness (QED) is 0.128. The molecule has 6 heteroatoms. The van der Waals surface area contributed by atoms with Gasteiger partial charge in [0, 0.05) is 37.9 Å². The zero-order valence-corrected chi connectivity index (χ0v) is 31.9. The Balaban J connectivity index is 0.000000184. The van der Waals surface area contributed by atoms with Crippen LogP contribution in [0.4, 0.5) is 0 Å². The van der Waals surface area contributed by atoms with Gasteiger partial charge in [-0.1, -0.05) is 107 Å². The van der Waals surface area contributed by atoms with E-state index in [0.29, 0.717) is 5.92 Å². The normalized spacial score (nSPS) is 14.0. The van der Waals surface area contributed by atoms with Crippen molar-refractivity contribution in [2.45, 2.75) is 84.9 Å². The van der Waals surface area contributed by atoms with Gasteiger partial charge in [0.05, 0.1) is 13.7 Å². The summed E-state index contributed by atoms with van der Waals surface area (Å²) in [4.78, 5) is 13.6. The molecule has 1 aliphatic carbocycles. The first-order chi connectivity index (χ1) is 22.1. The number of para-hydroxylation sites is 1. The van der Waals surface area contributed by atoms with E-state index in [1.54, 1.807) is 0 Å². The molecule has 1 aliphatic rings. The molecule has 0 spiro atoms. The molecule has 1 fully saturated rings. The zero-order valence-electron chi connectivity index (χ0n) is 28.5. The molecular weight excluding hydrogens is 771 g/mol. The smallest absolute Gasteiger partial charge is 0.121 e. The number of pyridine rings is 3. The van der Waals surface area contributed by atoms with Crippen LogP contribution in [-0.4, -0.2) is 23.0 Å². The summed E-state index contributed by atoms with van der Waals surface area (Å²) in [6, 6.07) is 26.1. The molecule has 4 nitrogen and oxygen atoms in total. The van der Waals surface area contributed by atoms with E-state index in [4.69, 9.17) is 9.40 Å². The third kappa shape index (κ3) is 8.35. The van der Waals surface area contributed by atoms with Gasteiger partial charge < -0.3 is 19.4 Å². The third-order valence-electron chi connectivity index (χ3n) is 8.85. The number of furan rings is 1. The van der Waals surface area contributed by atoms with Crippen molar-refractivity contribution in [3.05, 3.63) is 109 Å². The number of aromatic nitrogens is 3. The maximum absolute atomic E-state index is 6.11. The predicted octanol–water partition coefficient (Wildman–Crippen LogP) is 10.6. The molecule has 4 aromatic heterocycles. The van der Waals surface area contributed by atoms with E-state index in [1.807, 2.05) is 48.8 Å². The van der Waals surface area contributed by atoms with Gasteiger partial charge >= 0.3 is 0 Å². The van der Waals surface area contributed by atoms with Gasteiger partial charge in [-0.15, -0.1) is 35.9 Å². The van der Waals surface area contributed by atoms with Crippen molar-refractivity contribution >= 4 is 35.2 Å². The summed E-state index contributed by atoms with van der Waals surface area (Å²) in [6.07, 6.45) is 16.6. The van der Waals surface area contributed by atoms with Crippen molar-refractivity contribution in [2.75, 3.05) is 0 Å². The van der Waals surface area contributed by atoms with Crippen LogP contribution in [0.5, 0.6) is 0 Å². The molecule has 0 N–H and O–H groups in total. The topological polar surface area (TPSA) is 51.8 Å². The van der Waals surface area contributed by atoms with Crippen LogP contribution in [0, 0.1) is 17.7 Å².